The largest absolute Gasteiger partial charge is 0.453 e. The number of fused-ring (bicyclic) bond motifs is 6. The number of benzene rings is 3. The summed E-state index contributed by atoms with van der Waals surface area (Å²) in [7, 11) is 0. The van der Waals surface area contributed by atoms with Gasteiger partial charge in [-0.3, -0.25) is 4.79 Å². The monoisotopic (exact) mass is 485 g/mol. The fraction of sp³-hybridized carbons (Fsp3) is 0.154. The SMILES string of the molecule is C=CCN1C(=O)[C@@]2(Oc3ccc(Br)cc3[C@H]3CC(c4ccccc4)=NN32)c2ccccc21. The summed E-state index contributed by atoms with van der Waals surface area (Å²) in [6.45, 7) is 4.25. The Morgan fingerprint density at radius 1 is 1.12 bits per heavy atom. The second-order valence-corrected chi connectivity index (χ2v) is 9.04. The molecule has 1 amide bonds. The van der Waals surface area contributed by atoms with Crippen LogP contribution in [0.3, 0.4) is 0 Å². The first-order valence-electron chi connectivity index (χ1n) is 10.6. The highest BCUT2D eigenvalue weighted by molar-refractivity contribution is 9.10. The van der Waals surface area contributed by atoms with Crippen molar-refractivity contribution in [3.8, 4) is 5.75 Å². The molecule has 3 aliphatic heterocycles. The van der Waals surface area contributed by atoms with Crippen LogP contribution in [0.15, 0.2) is 95.0 Å². The van der Waals surface area contributed by atoms with E-state index in [1.807, 2.05) is 59.6 Å². The van der Waals surface area contributed by atoms with Crippen molar-refractivity contribution >= 4 is 33.2 Å². The zero-order valence-corrected chi connectivity index (χ0v) is 18.8. The summed E-state index contributed by atoms with van der Waals surface area (Å²) in [5, 5.41) is 6.91. The zero-order chi connectivity index (χ0) is 21.9. The highest BCUT2D eigenvalue weighted by atomic mass is 79.9. The number of rotatable bonds is 3. The van der Waals surface area contributed by atoms with Gasteiger partial charge in [-0.1, -0.05) is 70.5 Å². The number of amides is 1. The molecule has 5 nitrogen and oxygen atoms in total. The van der Waals surface area contributed by atoms with Gasteiger partial charge in [0.25, 0.3) is 5.91 Å². The first-order valence-corrected chi connectivity index (χ1v) is 11.4. The predicted octanol–water partition coefficient (Wildman–Crippen LogP) is 5.38. The number of hydrazone groups is 1. The Hall–Kier alpha value is -3.38. The minimum absolute atomic E-state index is 0.118. The third-order valence-electron chi connectivity index (χ3n) is 6.34. The predicted molar refractivity (Wildman–Crippen MR) is 128 cm³/mol. The molecule has 0 aromatic heterocycles. The van der Waals surface area contributed by atoms with Crippen LogP contribution in [0, 0.1) is 0 Å². The van der Waals surface area contributed by atoms with Crippen LogP contribution in [0.1, 0.15) is 29.2 Å². The van der Waals surface area contributed by atoms with Gasteiger partial charge in [-0.05, 0) is 29.8 Å². The summed E-state index contributed by atoms with van der Waals surface area (Å²) >= 11 is 3.59. The molecule has 0 bridgehead atoms. The Morgan fingerprint density at radius 2 is 1.91 bits per heavy atom. The van der Waals surface area contributed by atoms with Crippen molar-refractivity contribution in [1.82, 2.24) is 5.01 Å². The average molecular weight is 486 g/mol. The van der Waals surface area contributed by atoms with Crippen LogP contribution >= 0.6 is 15.9 Å². The fourth-order valence-electron chi connectivity index (χ4n) is 4.96. The minimum Gasteiger partial charge on any atom is -0.453 e. The lowest BCUT2D eigenvalue weighted by Crippen LogP contribution is -2.57. The molecular weight excluding hydrogens is 466 g/mol. The fourth-order valence-corrected chi connectivity index (χ4v) is 5.34. The van der Waals surface area contributed by atoms with Crippen LogP contribution in [0.25, 0.3) is 0 Å². The molecule has 0 radical (unpaired) electrons. The number of nitrogens with zero attached hydrogens (tertiary/aromatic N) is 3. The lowest BCUT2D eigenvalue weighted by Gasteiger charge is -2.44. The quantitative estimate of drug-likeness (QED) is 0.468. The van der Waals surface area contributed by atoms with Gasteiger partial charge in [0.15, 0.2) is 0 Å². The van der Waals surface area contributed by atoms with Crippen LogP contribution in [-0.4, -0.2) is 23.2 Å². The van der Waals surface area contributed by atoms with Crippen LogP contribution < -0.4 is 9.64 Å². The molecule has 0 fully saturated rings. The molecule has 6 rings (SSSR count). The van der Waals surface area contributed by atoms with E-state index in [2.05, 4.69) is 40.7 Å². The van der Waals surface area contributed by atoms with Crippen molar-refractivity contribution in [3.05, 3.63) is 107 Å². The van der Waals surface area contributed by atoms with E-state index < -0.39 is 5.72 Å². The van der Waals surface area contributed by atoms with E-state index in [0.29, 0.717) is 18.7 Å². The molecule has 3 aliphatic rings. The number of ether oxygens (including phenoxy) is 1. The van der Waals surface area contributed by atoms with E-state index in [0.717, 1.165) is 32.6 Å². The molecule has 3 aromatic rings. The highest BCUT2D eigenvalue weighted by Gasteiger charge is 2.63. The van der Waals surface area contributed by atoms with E-state index in [1.165, 1.54) is 0 Å². The molecular formula is C26H20BrN3O2. The number of para-hydroxylation sites is 1. The molecule has 2 atom stereocenters. The van der Waals surface area contributed by atoms with Gasteiger partial charge in [-0.2, -0.15) is 5.10 Å². The third kappa shape index (κ3) is 2.56. The topological polar surface area (TPSA) is 45.1 Å². The zero-order valence-electron chi connectivity index (χ0n) is 17.2. The molecule has 0 N–H and O–H groups in total. The van der Waals surface area contributed by atoms with Crippen LogP contribution in [-0.2, 0) is 10.5 Å². The summed E-state index contributed by atoms with van der Waals surface area (Å²) in [5.74, 6) is 0.567. The van der Waals surface area contributed by atoms with Crippen molar-refractivity contribution in [1.29, 1.82) is 0 Å². The van der Waals surface area contributed by atoms with Gasteiger partial charge in [0.1, 0.15) is 5.75 Å². The first kappa shape index (κ1) is 19.3. The number of anilines is 1. The maximum absolute atomic E-state index is 14.0. The van der Waals surface area contributed by atoms with E-state index in [9.17, 15) is 4.79 Å². The molecule has 0 saturated carbocycles. The highest BCUT2D eigenvalue weighted by Crippen LogP contribution is 2.55. The van der Waals surface area contributed by atoms with Crippen molar-refractivity contribution in [2.45, 2.75) is 18.2 Å². The smallest absolute Gasteiger partial charge is 0.306 e. The van der Waals surface area contributed by atoms with Crippen LogP contribution in [0.2, 0.25) is 0 Å². The van der Waals surface area contributed by atoms with Gasteiger partial charge >= 0.3 is 5.72 Å². The molecule has 1 spiro atoms. The Labute approximate surface area is 194 Å². The number of hydrogen-bond acceptors (Lipinski definition) is 4. The maximum atomic E-state index is 14.0. The Kier molecular flexibility index (Phi) is 4.27. The van der Waals surface area contributed by atoms with E-state index in [4.69, 9.17) is 9.84 Å². The van der Waals surface area contributed by atoms with Gasteiger partial charge in [-0.25, -0.2) is 5.01 Å². The normalized spacial score (nSPS) is 22.8. The van der Waals surface area contributed by atoms with Gasteiger partial charge < -0.3 is 9.64 Å². The van der Waals surface area contributed by atoms with Gasteiger partial charge in [-0.15, -0.1) is 6.58 Å². The van der Waals surface area contributed by atoms with Gasteiger partial charge in [0.05, 0.1) is 23.0 Å². The summed E-state index contributed by atoms with van der Waals surface area (Å²) in [5.41, 5.74) is 3.31. The minimum atomic E-state index is -1.35. The lowest BCUT2D eigenvalue weighted by molar-refractivity contribution is -0.163. The first-order chi connectivity index (χ1) is 15.6. The Bertz CT molecular complexity index is 1290. The standard InChI is InChI=1S/C26H20BrN3O2/c1-2-14-29-22-11-7-6-10-20(22)26(25(29)31)30-23(19-15-18(27)12-13-24(19)32-26)16-21(28-30)17-8-4-3-5-9-17/h2-13,15,23H,1,14,16H2/t23-,26+/m1/s1. The number of carbonyl (C=O) groups is 1. The van der Waals surface area contributed by atoms with Gasteiger partial charge in [0, 0.05) is 23.0 Å². The third-order valence-corrected chi connectivity index (χ3v) is 6.83. The molecule has 0 unspecified atom stereocenters. The molecule has 32 heavy (non-hydrogen) atoms. The maximum Gasteiger partial charge on any atom is 0.306 e. The molecule has 158 valence electrons. The number of halogens is 1. The summed E-state index contributed by atoms with van der Waals surface area (Å²) in [6, 6.07) is 23.8. The van der Waals surface area contributed by atoms with Crippen molar-refractivity contribution in [2.24, 2.45) is 5.10 Å². The van der Waals surface area contributed by atoms with E-state index >= 15 is 0 Å². The molecule has 0 aliphatic carbocycles. The Morgan fingerprint density at radius 3 is 2.72 bits per heavy atom. The molecule has 6 heteroatoms. The second kappa shape index (κ2) is 7.07. The average Bonchev–Trinajstić information content (AvgIpc) is 3.37. The molecule has 0 saturated heterocycles. The van der Waals surface area contributed by atoms with Crippen molar-refractivity contribution < 1.29 is 9.53 Å². The summed E-state index contributed by atoms with van der Waals surface area (Å²) < 4.78 is 7.59. The summed E-state index contributed by atoms with van der Waals surface area (Å²) in [4.78, 5) is 15.8. The van der Waals surface area contributed by atoms with E-state index in [1.54, 1.807) is 11.0 Å². The van der Waals surface area contributed by atoms with Crippen molar-refractivity contribution in [2.75, 3.05) is 11.4 Å². The van der Waals surface area contributed by atoms with Crippen LogP contribution in [0.4, 0.5) is 5.69 Å². The number of hydrogen-bond donors (Lipinski definition) is 0. The van der Waals surface area contributed by atoms with E-state index in [-0.39, 0.29) is 11.9 Å². The van der Waals surface area contributed by atoms with Crippen LogP contribution in [0.5, 0.6) is 5.75 Å². The summed E-state index contributed by atoms with van der Waals surface area (Å²) in [6.07, 6.45) is 2.43. The molecule has 3 heterocycles. The second-order valence-electron chi connectivity index (χ2n) is 8.13. The number of carbonyl (C=O) groups excluding carboxylic acids is 1. The van der Waals surface area contributed by atoms with Gasteiger partial charge in [0.2, 0.25) is 0 Å². The van der Waals surface area contributed by atoms with Crippen molar-refractivity contribution in [3.63, 3.8) is 0 Å². The Balaban J connectivity index is 1.59. The molecule has 3 aromatic carbocycles. The lowest BCUT2D eigenvalue weighted by atomic mass is 9.92.